The molecule has 1 aliphatic heterocycles. The molecule has 3 amide bonds. The number of benzene rings is 2. The molecule has 7 nitrogen and oxygen atoms in total. The van der Waals surface area contributed by atoms with E-state index in [1.807, 2.05) is 47.0 Å². The van der Waals surface area contributed by atoms with E-state index in [1.54, 1.807) is 43.0 Å². The first kappa shape index (κ1) is 23.5. The predicted octanol–water partition coefficient (Wildman–Crippen LogP) is 4.79. The van der Waals surface area contributed by atoms with Gasteiger partial charge in [0.15, 0.2) is 11.5 Å². The van der Waals surface area contributed by atoms with Crippen molar-refractivity contribution in [3.05, 3.63) is 50.4 Å². The number of rotatable bonds is 7. The Hall–Kier alpha value is -2.18. The molecule has 1 fully saturated rings. The number of carbonyl (C=O) groups excluding carboxylic acids is 3. The molecule has 2 aromatic carbocycles. The van der Waals surface area contributed by atoms with Gasteiger partial charge in [0.1, 0.15) is 6.54 Å². The van der Waals surface area contributed by atoms with Crippen molar-refractivity contribution >= 4 is 74.9 Å². The molecule has 2 aromatic rings. The quantitative estimate of drug-likeness (QED) is 0.281. The molecule has 162 valence electrons. The highest BCUT2D eigenvalue weighted by Crippen LogP contribution is 2.36. The average Bonchev–Trinajstić information content (AvgIpc) is 2.99. The second-order valence-electron chi connectivity index (χ2n) is 6.33. The van der Waals surface area contributed by atoms with Crippen LogP contribution < -0.4 is 10.1 Å². The summed E-state index contributed by atoms with van der Waals surface area (Å²) in [5.41, 5.74) is 1.20. The van der Waals surface area contributed by atoms with Gasteiger partial charge in [-0.25, -0.2) is 0 Å². The van der Waals surface area contributed by atoms with E-state index in [-0.39, 0.29) is 17.2 Å². The summed E-state index contributed by atoms with van der Waals surface area (Å²) in [5.74, 6) is -0.676. The topological polar surface area (TPSA) is 95.9 Å². The highest BCUT2D eigenvalue weighted by atomic mass is 127. The first-order valence-electron chi connectivity index (χ1n) is 9.17. The summed E-state index contributed by atoms with van der Waals surface area (Å²) in [6.07, 6.45) is 3.48. The first-order chi connectivity index (χ1) is 14.8. The summed E-state index contributed by atoms with van der Waals surface area (Å²) in [5, 5.41) is 12.3. The van der Waals surface area contributed by atoms with Gasteiger partial charge in [-0.1, -0.05) is 6.07 Å². The fourth-order valence-electron chi connectivity index (χ4n) is 2.78. The van der Waals surface area contributed by atoms with Gasteiger partial charge >= 0.3 is 0 Å². The molecule has 31 heavy (non-hydrogen) atoms. The van der Waals surface area contributed by atoms with Crippen molar-refractivity contribution < 1.29 is 24.2 Å². The number of aromatic hydroxyl groups is 1. The molecular formula is C21H19IN2O5S2. The van der Waals surface area contributed by atoms with Gasteiger partial charge in [-0.3, -0.25) is 19.3 Å². The summed E-state index contributed by atoms with van der Waals surface area (Å²) in [6.45, 7) is 1.80. The SMILES string of the molecule is CCOc1cc(/C=C2/SC(=O)N(CC(=O)Nc3cccc(SC)c3)C2=O)cc(I)c1O. The Kier molecular flexibility index (Phi) is 7.89. The Morgan fingerprint density at radius 1 is 1.32 bits per heavy atom. The maximum atomic E-state index is 12.7. The standard InChI is InChI=1S/C21H19IN2O5S2/c1-3-29-16-8-12(7-15(22)19(16)26)9-17-20(27)24(21(28)31-17)11-18(25)23-13-5-4-6-14(10-13)30-2/h4-10,26H,3,11H2,1-2H3,(H,23,25)/b17-9+. The number of nitrogens with one attached hydrogen (secondary N) is 1. The lowest BCUT2D eigenvalue weighted by Gasteiger charge is -2.13. The number of thioether (sulfide) groups is 2. The van der Waals surface area contributed by atoms with Crippen molar-refractivity contribution in [2.75, 3.05) is 24.7 Å². The van der Waals surface area contributed by atoms with Crippen LogP contribution in [0.3, 0.4) is 0 Å². The van der Waals surface area contributed by atoms with E-state index in [0.29, 0.717) is 27.2 Å². The third-order valence-corrected chi connectivity index (χ3v) is 6.63. The van der Waals surface area contributed by atoms with Gasteiger partial charge in [0.05, 0.1) is 15.1 Å². The normalized spacial score (nSPS) is 14.9. The van der Waals surface area contributed by atoms with Crippen LogP contribution in [0.4, 0.5) is 10.5 Å². The molecule has 10 heteroatoms. The number of imide groups is 1. The van der Waals surface area contributed by atoms with Crippen molar-refractivity contribution in [2.24, 2.45) is 0 Å². The highest BCUT2D eigenvalue weighted by Gasteiger charge is 2.36. The molecule has 0 unspecified atom stereocenters. The molecule has 0 aromatic heterocycles. The third kappa shape index (κ3) is 5.74. The van der Waals surface area contributed by atoms with Crippen molar-refractivity contribution in [1.82, 2.24) is 4.90 Å². The minimum atomic E-state index is -0.538. The zero-order chi connectivity index (χ0) is 22.5. The Balaban J connectivity index is 1.74. The van der Waals surface area contributed by atoms with Crippen LogP contribution >= 0.6 is 46.1 Å². The van der Waals surface area contributed by atoms with Crippen LogP contribution in [0.15, 0.2) is 46.2 Å². The fraction of sp³-hybridized carbons (Fsp3) is 0.190. The van der Waals surface area contributed by atoms with Gasteiger partial charge in [0.25, 0.3) is 11.1 Å². The summed E-state index contributed by atoms with van der Waals surface area (Å²) in [4.78, 5) is 39.6. The number of phenols is 1. The van der Waals surface area contributed by atoms with Gasteiger partial charge in [0.2, 0.25) is 5.91 Å². The van der Waals surface area contributed by atoms with E-state index < -0.39 is 17.1 Å². The zero-order valence-electron chi connectivity index (χ0n) is 16.7. The molecular weight excluding hydrogens is 551 g/mol. The Morgan fingerprint density at radius 3 is 2.81 bits per heavy atom. The van der Waals surface area contributed by atoms with Crippen LogP contribution in [0.2, 0.25) is 0 Å². The lowest BCUT2D eigenvalue weighted by atomic mass is 10.2. The zero-order valence-corrected chi connectivity index (χ0v) is 20.5. The second-order valence-corrected chi connectivity index (χ2v) is 9.37. The van der Waals surface area contributed by atoms with E-state index in [4.69, 9.17) is 4.74 Å². The van der Waals surface area contributed by atoms with E-state index in [1.165, 1.54) is 0 Å². The summed E-state index contributed by atoms with van der Waals surface area (Å²) >= 11 is 4.28. The maximum Gasteiger partial charge on any atom is 0.294 e. The van der Waals surface area contributed by atoms with E-state index in [0.717, 1.165) is 21.6 Å². The maximum absolute atomic E-state index is 12.7. The predicted molar refractivity (Wildman–Crippen MR) is 132 cm³/mol. The number of amides is 3. The Bertz CT molecular complexity index is 1070. The highest BCUT2D eigenvalue weighted by molar-refractivity contribution is 14.1. The molecule has 1 heterocycles. The molecule has 1 saturated heterocycles. The van der Waals surface area contributed by atoms with Crippen LogP contribution in [0.1, 0.15) is 12.5 Å². The van der Waals surface area contributed by atoms with Crippen LogP contribution in [0.5, 0.6) is 11.5 Å². The number of halogens is 1. The Labute approximate surface area is 201 Å². The molecule has 0 spiro atoms. The smallest absolute Gasteiger partial charge is 0.294 e. The second kappa shape index (κ2) is 10.4. The van der Waals surface area contributed by atoms with Gasteiger partial charge in [-0.15, -0.1) is 11.8 Å². The third-order valence-electron chi connectivity index (χ3n) is 4.18. The molecule has 0 aliphatic carbocycles. The molecule has 1 aliphatic rings. The molecule has 0 radical (unpaired) electrons. The van der Waals surface area contributed by atoms with Crippen LogP contribution in [0, 0.1) is 3.57 Å². The lowest BCUT2D eigenvalue weighted by Crippen LogP contribution is -2.36. The van der Waals surface area contributed by atoms with Gasteiger partial charge < -0.3 is 15.2 Å². The van der Waals surface area contributed by atoms with Crippen molar-refractivity contribution in [1.29, 1.82) is 0 Å². The summed E-state index contributed by atoms with van der Waals surface area (Å²) in [6, 6.07) is 10.6. The molecule has 3 rings (SSSR count). The van der Waals surface area contributed by atoms with E-state index in [2.05, 4.69) is 5.32 Å². The fourth-order valence-corrected chi connectivity index (χ4v) is 4.70. The summed E-state index contributed by atoms with van der Waals surface area (Å²) < 4.78 is 5.97. The number of carbonyl (C=O) groups is 3. The molecule has 0 atom stereocenters. The minimum Gasteiger partial charge on any atom is -0.504 e. The van der Waals surface area contributed by atoms with Gasteiger partial charge in [0, 0.05) is 10.6 Å². The number of phenolic OH excluding ortho intramolecular Hbond substituents is 1. The van der Waals surface area contributed by atoms with Crippen LogP contribution in [-0.4, -0.2) is 46.5 Å². The minimum absolute atomic E-state index is 0.0231. The molecule has 0 saturated carbocycles. The average molecular weight is 570 g/mol. The van der Waals surface area contributed by atoms with Crippen LogP contribution in [0.25, 0.3) is 6.08 Å². The van der Waals surface area contributed by atoms with Crippen molar-refractivity contribution in [2.45, 2.75) is 11.8 Å². The Morgan fingerprint density at radius 2 is 2.10 bits per heavy atom. The number of hydrogen-bond donors (Lipinski definition) is 2. The van der Waals surface area contributed by atoms with Crippen molar-refractivity contribution in [3.8, 4) is 11.5 Å². The molecule has 0 bridgehead atoms. The van der Waals surface area contributed by atoms with Gasteiger partial charge in [-0.05, 0) is 89.5 Å². The monoisotopic (exact) mass is 570 g/mol. The number of nitrogens with zero attached hydrogens (tertiary/aromatic N) is 1. The largest absolute Gasteiger partial charge is 0.504 e. The van der Waals surface area contributed by atoms with E-state index in [9.17, 15) is 19.5 Å². The first-order valence-corrected chi connectivity index (χ1v) is 12.3. The van der Waals surface area contributed by atoms with Gasteiger partial charge in [-0.2, -0.15) is 0 Å². The number of hydrogen-bond acceptors (Lipinski definition) is 7. The number of anilines is 1. The molecule has 2 N–H and O–H groups in total. The van der Waals surface area contributed by atoms with Crippen molar-refractivity contribution in [3.63, 3.8) is 0 Å². The summed E-state index contributed by atoms with van der Waals surface area (Å²) in [7, 11) is 0. The van der Waals surface area contributed by atoms with E-state index >= 15 is 0 Å². The lowest BCUT2D eigenvalue weighted by molar-refractivity contribution is -0.127. The number of ether oxygens (including phenoxy) is 1. The van der Waals surface area contributed by atoms with Crippen LogP contribution in [-0.2, 0) is 9.59 Å².